The molecule has 1 heterocycles. The van der Waals surface area contributed by atoms with Gasteiger partial charge in [-0.15, -0.1) is 0 Å². The standard InChI is InChI=1S/C16H12N/c1-12-6-2-5-9-15(12)16-10-13-7-3-4-8-14(13)11-17-16/h2-10H,1H3/q+1. The van der Waals surface area contributed by atoms with Crippen LogP contribution < -0.4 is 0 Å². The highest BCUT2D eigenvalue weighted by Gasteiger charge is 2.17. The van der Waals surface area contributed by atoms with Crippen molar-refractivity contribution in [2.45, 2.75) is 6.92 Å². The summed E-state index contributed by atoms with van der Waals surface area (Å²) in [6.45, 7) is 2.10. The summed E-state index contributed by atoms with van der Waals surface area (Å²) in [5, 5.41) is 0. The predicted molar refractivity (Wildman–Crippen MR) is 72.0 cm³/mol. The van der Waals surface area contributed by atoms with E-state index in [2.05, 4.69) is 42.4 Å². The second-order valence-corrected chi connectivity index (χ2v) is 4.16. The molecule has 1 aliphatic rings. The number of rotatable bonds is 1. The third kappa shape index (κ3) is 1.77. The number of hydrogen-bond donors (Lipinski definition) is 0. The van der Waals surface area contributed by atoms with Gasteiger partial charge in [-0.1, -0.05) is 23.2 Å². The molecule has 0 fully saturated rings. The minimum atomic E-state index is 0.988. The van der Waals surface area contributed by atoms with Gasteiger partial charge in [0.05, 0.1) is 11.6 Å². The van der Waals surface area contributed by atoms with Crippen LogP contribution in [0.5, 0.6) is 0 Å². The van der Waals surface area contributed by atoms with Crippen molar-refractivity contribution >= 4 is 18.0 Å². The molecule has 0 aliphatic carbocycles. The van der Waals surface area contributed by atoms with Crippen LogP contribution in [-0.4, -0.2) is 6.21 Å². The minimum Gasteiger partial charge on any atom is -0.0981 e. The largest absolute Gasteiger partial charge is 0.175 e. The number of nitrogens with zero attached hydrogens (tertiary/aromatic N) is 1. The van der Waals surface area contributed by atoms with Gasteiger partial charge in [0.1, 0.15) is 6.21 Å². The van der Waals surface area contributed by atoms with E-state index in [-0.39, 0.29) is 0 Å². The van der Waals surface area contributed by atoms with E-state index in [4.69, 9.17) is 0 Å². The summed E-state index contributed by atoms with van der Waals surface area (Å²) in [5.41, 5.74) is 5.64. The lowest BCUT2D eigenvalue weighted by Gasteiger charge is -2.04. The first-order valence-electron chi connectivity index (χ1n) is 5.68. The van der Waals surface area contributed by atoms with Crippen molar-refractivity contribution < 1.29 is 0 Å². The van der Waals surface area contributed by atoms with E-state index >= 15 is 0 Å². The lowest BCUT2D eigenvalue weighted by atomic mass is 10.00. The topological polar surface area (TPSA) is 12.4 Å². The maximum absolute atomic E-state index is 4.41. The Labute approximate surface area is 101 Å². The lowest BCUT2D eigenvalue weighted by Crippen LogP contribution is -1.95. The van der Waals surface area contributed by atoms with E-state index in [9.17, 15) is 0 Å². The average Bonchev–Trinajstić information content (AvgIpc) is 2.39. The van der Waals surface area contributed by atoms with Gasteiger partial charge >= 0.3 is 0 Å². The number of aryl methyl sites for hydroxylation is 1. The Morgan fingerprint density at radius 1 is 0.941 bits per heavy atom. The molecule has 0 aromatic heterocycles. The minimum absolute atomic E-state index is 0.988. The normalized spacial score (nSPS) is 12.6. The predicted octanol–water partition coefficient (Wildman–Crippen LogP) is 3.80. The van der Waals surface area contributed by atoms with Crippen LogP contribution in [-0.2, 0) is 0 Å². The number of aliphatic imine (C=N–C) groups is 1. The zero-order valence-corrected chi connectivity index (χ0v) is 9.64. The van der Waals surface area contributed by atoms with Crippen LogP contribution in [0.25, 0.3) is 11.8 Å². The van der Waals surface area contributed by atoms with Crippen molar-refractivity contribution in [3.8, 4) is 0 Å². The molecule has 0 atom stereocenters. The van der Waals surface area contributed by atoms with Crippen molar-refractivity contribution in [3.05, 3.63) is 70.8 Å². The molecule has 0 bridgehead atoms. The zero-order valence-electron chi connectivity index (χ0n) is 9.64. The molecular formula is C16H12N+. The SMILES string of the molecule is Cc1ccccc1C1=Cc2ccccc2[C+]=N1. The maximum Gasteiger partial charge on any atom is 0.175 e. The fourth-order valence-electron chi connectivity index (χ4n) is 2.02. The summed E-state index contributed by atoms with van der Waals surface area (Å²) in [7, 11) is 0. The molecule has 0 saturated heterocycles. The number of benzene rings is 2. The van der Waals surface area contributed by atoms with E-state index in [1.165, 1.54) is 16.7 Å². The van der Waals surface area contributed by atoms with Gasteiger partial charge in [0.15, 0.2) is 11.3 Å². The van der Waals surface area contributed by atoms with E-state index < -0.39 is 0 Å². The molecule has 0 radical (unpaired) electrons. The second kappa shape index (κ2) is 3.97. The molecule has 17 heavy (non-hydrogen) atoms. The Morgan fingerprint density at radius 2 is 1.71 bits per heavy atom. The summed E-state index contributed by atoms with van der Waals surface area (Å²) in [6.07, 6.45) is 5.21. The van der Waals surface area contributed by atoms with Crippen molar-refractivity contribution in [2.24, 2.45) is 4.99 Å². The van der Waals surface area contributed by atoms with E-state index in [0.29, 0.717) is 0 Å². The van der Waals surface area contributed by atoms with Crippen LogP contribution >= 0.6 is 0 Å². The van der Waals surface area contributed by atoms with Crippen molar-refractivity contribution in [2.75, 3.05) is 0 Å². The van der Waals surface area contributed by atoms with Gasteiger partial charge in [-0.05, 0) is 36.8 Å². The lowest BCUT2D eigenvalue weighted by molar-refractivity contribution is 1.39. The summed E-state index contributed by atoms with van der Waals surface area (Å²) < 4.78 is 0. The Morgan fingerprint density at radius 3 is 2.59 bits per heavy atom. The number of fused-ring (bicyclic) bond motifs is 1. The second-order valence-electron chi connectivity index (χ2n) is 4.16. The highest BCUT2D eigenvalue weighted by atomic mass is 14.7. The fraction of sp³-hybridized carbons (Fsp3) is 0.0625. The van der Waals surface area contributed by atoms with Gasteiger partial charge in [-0.2, -0.15) is 0 Å². The smallest absolute Gasteiger partial charge is 0.0981 e. The van der Waals surface area contributed by atoms with E-state index in [0.717, 1.165) is 11.3 Å². The van der Waals surface area contributed by atoms with Gasteiger partial charge < -0.3 is 0 Å². The van der Waals surface area contributed by atoms with Crippen molar-refractivity contribution in [3.63, 3.8) is 0 Å². The molecule has 3 rings (SSSR count). The molecule has 2 aromatic rings. The van der Waals surface area contributed by atoms with Crippen LogP contribution in [0, 0.1) is 6.92 Å². The molecule has 1 heteroatoms. The summed E-state index contributed by atoms with van der Waals surface area (Å²) >= 11 is 0. The third-order valence-electron chi connectivity index (χ3n) is 2.97. The third-order valence-corrected chi connectivity index (χ3v) is 2.97. The first kappa shape index (κ1) is 9.95. The Hall–Kier alpha value is -2.24. The van der Waals surface area contributed by atoms with Gasteiger partial charge in [0, 0.05) is 11.6 Å². The number of hydrogen-bond acceptors (Lipinski definition) is 1. The van der Waals surface area contributed by atoms with Crippen molar-refractivity contribution in [1.29, 1.82) is 0 Å². The first-order chi connectivity index (χ1) is 8.34. The van der Waals surface area contributed by atoms with Gasteiger partial charge in [0.2, 0.25) is 0 Å². The monoisotopic (exact) mass is 218 g/mol. The molecule has 2 aromatic carbocycles. The summed E-state index contributed by atoms with van der Waals surface area (Å²) in [5.74, 6) is 0. The molecule has 0 spiro atoms. The van der Waals surface area contributed by atoms with Gasteiger partial charge in [-0.3, -0.25) is 0 Å². The fourth-order valence-corrected chi connectivity index (χ4v) is 2.02. The molecule has 0 N–H and O–H groups in total. The molecular weight excluding hydrogens is 206 g/mol. The summed E-state index contributed by atoms with van der Waals surface area (Å²) in [4.78, 5) is 4.41. The molecule has 80 valence electrons. The first-order valence-corrected chi connectivity index (χ1v) is 5.68. The molecule has 0 unspecified atom stereocenters. The summed E-state index contributed by atoms with van der Waals surface area (Å²) in [6, 6.07) is 16.5. The van der Waals surface area contributed by atoms with Crippen LogP contribution in [0.3, 0.4) is 0 Å². The Bertz CT molecular complexity index is 621. The molecule has 0 saturated carbocycles. The van der Waals surface area contributed by atoms with Crippen LogP contribution in [0.4, 0.5) is 0 Å². The van der Waals surface area contributed by atoms with Gasteiger partial charge in [0.25, 0.3) is 0 Å². The molecule has 0 amide bonds. The Kier molecular flexibility index (Phi) is 2.32. The van der Waals surface area contributed by atoms with E-state index in [1.54, 1.807) is 0 Å². The van der Waals surface area contributed by atoms with Gasteiger partial charge in [-0.25, -0.2) is 0 Å². The highest BCUT2D eigenvalue weighted by Crippen LogP contribution is 2.26. The van der Waals surface area contributed by atoms with Crippen molar-refractivity contribution in [1.82, 2.24) is 0 Å². The maximum atomic E-state index is 4.41. The quantitative estimate of drug-likeness (QED) is 0.645. The van der Waals surface area contributed by atoms with E-state index in [1.807, 2.05) is 30.3 Å². The Balaban J connectivity index is 2.12. The zero-order chi connectivity index (χ0) is 11.7. The highest BCUT2D eigenvalue weighted by molar-refractivity contribution is 5.99. The molecule has 1 aliphatic heterocycles. The molecule has 1 nitrogen and oxygen atoms in total. The van der Waals surface area contributed by atoms with Crippen LogP contribution in [0.2, 0.25) is 0 Å². The van der Waals surface area contributed by atoms with Crippen LogP contribution in [0.1, 0.15) is 22.3 Å². The average molecular weight is 218 g/mol. The van der Waals surface area contributed by atoms with Crippen LogP contribution in [0.15, 0.2) is 53.5 Å².